The summed E-state index contributed by atoms with van der Waals surface area (Å²) < 4.78 is 44.4. The highest BCUT2D eigenvalue weighted by Gasteiger charge is 2.51. The van der Waals surface area contributed by atoms with Crippen LogP contribution in [0.15, 0.2) is 47.4 Å². The van der Waals surface area contributed by atoms with Gasteiger partial charge in [-0.2, -0.15) is 0 Å². The van der Waals surface area contributed by atoms with E-state index < -0.39 is 45.8 Å². The molecule has 4 amide bonds. The summed E-state index contributed by atoms with van der Waals surface area (Å²) in [5, 5.41) is 5.11. The SMILES string of the molecule is CCC1(c2ccc(F)cc2)NC(=O)N(CC(=O)Nc2cc(S(=O)(=O)N(C)C)ccc2OC)C1=O. The minimum absolute atomic E-state index is 0.0581. The van der Waals surface area contributed by atoms with Gasteiger partial charge >= 0.3 is 6.03 Å². The number of carbonyl (C=O) groups is 3. The molecule has 0 aromatic heterocycles. The number of nitrogens with zero attached hydrogens (tertiary/aromatic N) is 2. The molecule has 1 saturated heterocycles. The molecule has 10 nitrogen and oxygen atoms in total. The molecule has 0 radical (unpaired) electrons. The van der Waals surface area contributed by atoms with Gasteiger partial charge in [-0.1, -0.05) is 19.1 Å². The molecular formula is C22H25FN4O6S. The maximum absolute atomic E-state index is 13.4. The maximum atomic E-state index is 13.4. The molecule has 1 aliphatic rings. The molecule has 12 heteroatoms. The van der Waals surface area contributed by atoms with Crippen molar-refractivity contribution in [1.29, 1.82) is 0 Å². The van der Waals surface area contributed by atoms with Crippen LogP contribution < -0.4 is 15.4 Å². The summed E-state index contributed by atoms with van der Waals surface area (Å²) in [7, 11) is 0.310. The number of amides is 4. The molecule has 2 N–H and O–H groups in total. The molecule has 1 atom stereocenters. The number of rotatable bonds is 8. The fraction of sp³-hybridized carbons (Fsp3) is 0.318. The first-order valence-corrected chi connectivity index (χ1v) is 11.7. The van der Waals surface area contributed by atoms with Crippen LogP contribution in [0.25, 0.3) is 0 Å². The van der Waals surface area contributed by atoms with Crippen molar-refractivity contribution >= 4 is 33.6 Å². The Morgan fingerprint density at radius 2 is 1.82 bits per heavy atom. The average Bonchev–Trinajstić information content (AvgIpc) is 3.04. The second-order valence-electron chi connectivity index (χ2n) is 7.78. The number of sulfonamides is 1. The lowest BCUT2D eigenvalue weighted by Gasteiger charge is -2.25. The van der Waals surface area contributed by atoms with Crippen molar-refractivity contribution in [2.45, 2.75) is 23.8 Å². The van der Waals surface area contributed by atoms with E-state index in [1.165, 1.54) is 63.7 Å². The van der Waals surface area contributed by atoms with Gasteiger partial charge in [0, 0.05) is 14.1 Å². The molecule has 0 saturated carbocycles. The van der Waals surface area contributed by atoms with Crippen molar-refractivity contribution in [3.63, 3.8) is 0 Å². The molecule has 0 bridgehead atoms. The lowest BCUT2D eigenvalue weighted by atomic mass is 9.87. The zero-order chi connectivity index (χ0) is 25.3. The highest BCUT2D eigenvalue weighted by Crippen LogP contribution is 2.33. The number of carbonyl (C=O) groups excluding carboxylic acids is 3. The number of hydrogen-bond acceptors (Lipinski definition) is 6. The summed E-state index contributed by atoms with van der Waals surface area (Å²) in [6.07, 6.45) is 0.180. The van der Waals surface area contributed by atoms with Crippen LogP contribution in [-0.4, -0.2) is 63.2 Å². The van der Waals surface area contributed by atoms with E-state index in [0.717, 1.165) is 9.21 Å². The number of anilines is 1. The van der Waals surface area contributed by atoms with Crippen molar-refractivity contribution in [1.82, 2.24) is 14.5 Å². The molecule has 1 unspecified atom stereocenters. The summed E-state index contributed by atoms with van der Waals surface area (Å²) in [5.41, 5.74) is -0.980. The van der Waals surface area contributed by atoms with E-state index in [9.17, 15) is 27.2 Å². The van der Waals surface area contributed by atoms with Crippen LogP contribution in [0.1, 0.15) is 18.9 Å². The number of benzene rings is 2. The van der Waals surface area contributed by atoms with Gasteiger partial charge in [0.2, 0.25) is 15.9 Å². The topological polar surface area (TPSA) is 125 Å². The van der Waals surface area contributed by atoms with Gasteiger partial charge in [-0.3, -0.25) is 14.5 Å². The van der Waals surface area contributed by atoms with Crippen LogP contribution in [0.3, 0.4) is 0 Å². The van der Waals surface area contributed by atoms with Crippen LogP contribution in [0.5, 0.6) is 5.75 Å². The minimum atomic E-state index is -3.78. The molecule has 2 aromatic rings. The van der Waals surface area contributed by atoms with Crippen molar-refractivity contribution in [3.8, 4) is 5.75 Å². The quantitative estimate of drug-likeness (QED) is 0.542. The number of methoxy groups -OCH3 is 1. The lowest BCUT2D eigenvalue weighted by molar-refractivity contribution is -0.134. The molecule has 34 heavy (non-hydrogen) atoms. The normalized spacial score (nSPS) is 18.2. The number of imide groups is 1. The van der Waals surface area contributed by atoms with Gasteiger partial charge in [-0.25, -0.2) is 21.9 Å². The Labute approximate surface area is 196 Å². The Bertz CT molecular complexity index is 1230. The highest BCUT2D eigenvalue weighted by molar-refractivity contribution is 7.89. The van der Waals surface area contributed by atoms with Crippen LogP contribution in [-0.2, 0) is 25.2 Å². The van der Waals surface area contributed by atoms with Crippen LogP contribution in [0.4, 0.5) is 14.9 Å². The first-order valence-electron chi connectivity index (χ1n) is 10.3. The molecule has 1 fully saturated rings. The fourth-order valence-electron chi connectivity index (χ4n) is 3.63. The summed E-state index contributed by atoms with van der Waals surface area (Å²) in [6, 6.07) is 8.35. The van der Waals surface area contributed by atoms with Gasteiger partial charge < -0.3 is 15.4 Å². The minimum Gasteiger partial charge on any atom is -0.495 e. The molecule has 0 aliphatic carbocycles. The van der Waals surface area contributed by atoms with Gasteiger partial charge in [0.25, 0.3) is 5.91 Å². The third-order valence-electron chi connectivity index (χ3n) is 5.57. The van der Waals surface area contributed by atoms with Crippen molar-refractivity contribution in [2.24, 2.45) is 0 Å². The summed E-state index contributed by atoms with van der Waals surface area (Å²) in [4.78, 5) is 39.2. The lowest BCUT2D eigenvalue weighted by Crippen LogP contribution is -2.44. The first kappa shape index (κ1) is 25.1. The second kappa shape index (κ2) is 9.39. The van der Waals surface area contributed by atoms with Crippen LogP contribution in [0.2, 0.25) is 0 Å². The molecule has 182 valence electrons. The highest BCUT2D eigenvalue weighted by atomic mass is 32.2. The number of halogens is 1. The molecule has 1 heterocycles. The van der Waals surface area contributed by atoms with E-state index in [1.807, 2.05) is 0 Å². The number of ether oxygens (including phenoxy) is 1. The number of urea groups is 1. The Balaban J connectivity index is 1.84. The Hall–Kier alpha value is -3.51. The predicted octanol–water partition coefficient (Wildman–Crippen LogP) is 1.88. The largest absolute Gasteiger partial charge is 0.495 e. The third-order valence-corrected chi connectivity index (χ3v) is 7.38. The Morgan fingerprint density at radius 1 is 1.18 bits per heavy atom. The van der Waals surface area contributed by atoms with Crippen LogP contribution >= 0.6 is 0 Å². The smallest absolute Gasteiger partial charge is 0.325 e. The molecule has 3 rings (SSSR count). The second-order valence-corrected chi connectivity index (χ2v) is 9.94. The summed E-state index contributed by atoms with van der Waals surface area (Å²) in [5.74, 6) is -1.70. The number of hydrogen-bond donors (Lipinski definition) is 2. The maximum Gasteiger partial charge on any atom is 0.325 e. The number of nitrogens with one attached hydrogen (secondary N) is 2. The summed E-state index contributed by atoms with van der Waals surface area (Å²) >= 11 is 0. The summed E-state index contributed by atoms with van der Waals surface area (Å²) in [6.45, 7) is 1.06. The molecule has 0 spiro atoms. The fourth-order valence-corrected chi connectivity index (χ4v) is 4.56. The van der Waals surface area contributed by atoms with E-state index in [-0.39, 0.29) is 22.8 Å². The monoisotopic (exact) mass is 492 g/mol. The van der Waals surface area contributed by atoms with E-state index in [1.54, 1.807) is 6.92 Å². The van der Waals surface area contributed by atoms with Crippen molar-refractivity contribution in [3.05, 3.63) is 53.8 Å². The van der Waals surface area contributed by atoms with E-state index in [2.05, 4.69) is 10.6 Å². The van der Waals surface area contributed by atoms with E-state index >= 15 is 0 Å². The zero-order valence-corrected chi connectivity index (χ0v) is 19.9. The molecule has 2 aromatic carbocycles. The van der Waals surface area contributed by atoms with Gasteiger partial charge in [0.1, 0.15) is 23.7 Å². The first-order chi connectivity index (χ1) is 16.0. The zero-order valence-electron chi connectivity index (χ0n) is 19.1. The van der Waals surface area contributed by atoms with Gasteiger partial charge in [0.15, 0.2) is 0 Å². The van der Waals surface area contributed by atoms with Crippen molar-refractivity contribution in [2.75, 3.05) is 33.1 Å². The Morgan fingerprint density at radius 3 is 2.38 bits per heavy atom. The predicted molar refractivity (Wildman–Crippen MR) is 121 cm³/mol. The van der Waals surface area contributed by atoms with Gasteiger partial charge in [-0.05, 0) is 42.3 Å². The molecular weight excluding hydrogens is 467 g/mol. The van der Waals surface area contributed by atoms with Crippen LogP contribution in [0, 0.1) is 5.82 Å². The van der Waals surface area contributed by atoms with E-state index in [0.29, 0.717) is 5.56 Å². The average molecular weight is 493 g/mol. The molecule has 1 aliphatic heterocycles. The standard InChI is InChI=1S/C22H25FN4O6S/c1-5-22(14-6-8-15(23)9-7-14)20(29)27(21(30)25-22)13-19(28)24-17-12-16(10-11-18(17)33-4)34(31,32)26(2)3/h6-12H,5,13H2,1-4H3,(H,24,28)(H,25,30). The van der Waals surface area contributed by atoms with E-state index in [4.69, 9.17) is 4.74 Å². The van der Waals surface area contributed by atoms with Gasteiger partial charge in [-0.15, -0.1) is 0 Å². The van der Waals surface area contributed by atoms with Gasteiger partial charge in [0.05, 0.1) is 17.7 Å². The Kier molecular flexibility index (Phi) is 6.94. The third kappa shape index (κ3) is 4.46. The van der Waals surface area contributed by atoms with Crippen molar-refractivity contribution < 1.29 is 31.9 Å².